The zero-order valence-corrected chi connectivity index (χ0v) is 16.4. The second-order valence-corrected chi connectivity index (χ2v) is 6.90. The minimum absolute atomic E-state index is 0.0569. The fourth-order valence-electron chi connectivity index (χ4n) is 2.68. The molecule has 0 amide bonds. The monoisotopic (exact) mass is 401 g/mol. The maximum absolute atomic E-state index is 12.7. The lowest BCUT2D eigenvalue weighted by Crippen LogP contribution is -2.41. The number of methoxy groups -OCH3 is 1. The highest BCUT2D eigenvalue weighted by molar-refractivity contribution is 7.99. The van der Waals surface area contributed by atoms with Gasteiger partial charge in [-0.2, -0.15) is 0 Å². The van der Waals surface area contributed by atoms with Crippen molar-refractivity contribution >= 4 is 23.4 Å². The third-order valence-electron chi connectivity index (χ3n) is 4.26. The Morgan fingerprint density at radius 1 is 1.25 bits per heavy atom. The molecule has 0 fully saturated rings. The van der Waals surface area contributed by atoms with Crippen molar-refractivity contribution in [1.82, 2.24) is 18.7 Å². The molecule has 9 nitrogen and oxygen atoms in total. The fourth-order valence-corrected chi connectivity index (χ4v) is 3.52. The topological polar surface area (TPSA) is 114 Å². The van der Waals surface area contributed by atoms with Gasteiger partial charge in [-0.15, -0.1) is 0 Å². The molecule has 0 spiro atoms. The number of aromatic nitrogens is 4. The van der Waals surface area contributed by atoms with E-state index in [9.17, 15) is 14.4 Å². The number of ketones is 1. The van der Waals surface area contributed by atoms with E-state index in [1.165, 1.54) is 25.9 Å². The SMILES string of the molecule is COc1cccc(-n2ccnc2SCC(=O)c2c(N)n(C)c(=O)n(C)c2=O)c1. The highest BCUT2D eigenvalue weighted by atomic mass is 32.2. The molecular formula is C18H19N5O4S. The number of nitrogens with zero attached hydrogens (tertiary/aromatic N) is 4. The molecule has 3 aromatic rings. The molecule has 146 valence electrons. The van der Waals surface area contributed by atoms with Crippen molar-refractivity contribution in [3.8, 4) is 11.4 Å². The van der Waals surface area contributed by atoms with Crippen LogP contribution in [-0.2, 0) is 14.1 Å². The Kier molecular flexibility index (Phi) is 5.41. The van der Waals surface area contributed by atoms with E-state index < -0.39 is 17.0 Å². The fraction of sp³-hybridized carbons (Fsp3) is 0.222. The Bertz CT molecular complexity index is 1160. The molecule has 3 rings (SSSR count). The summed E-state index contributed by atoms with van der Waals surface area (Å²) in [5, 5.41) is 0.571. The van der Waals surface area contributed by atoms with E-state index in [-0.39, 0.29) is 17.1 Å². The van der Waals surface area contributed by atoms with Crippen molar-refractivity contribution in [3.05, 3.63) is 63.1 Å². The number of nitrogens with two attached hydrogens (primary N) is 1. The van der Waals surface area contributed by atoms with Crippen LogP contribution in [0.1, 0.15) is 10.4 Å². The average molecular weight is 401 g/mol. The number of Topliss-reactive ketones (excluding diaryl/α,β-unsaturated/α-hetero) is 1. The average Bonchev–Trinajstić information content (AvgIpc) is 3.18. The lowest BCUT2D eigenvalue weighted by atomic mass is 10.2. The van der Waals surface area contributed by atoms with Gasteiger partial charge in [0.2, 0.25) is 0 Å². The lowest BCUT2D eigenvalue weighted by Gasteiger charge is -2.11. The molecule has 0 unspecified atom stereocenters. The van der Waals surface area contributed by atoms with Gasteiger partial charge in [0.1, 0.15) is 17.1 Å². The summed E-state index contributed by atoms with van der Waals surface area (Å²) >= 11 is 1.17. The predicted molar refractivity (Wildman–Crippen MR) is 107 cm³/mol. The van der Waals surface area contributed by atoms with Gasteiger partial charge >= 0.3 is 5.69 Å². The lowest BCUT2D eigenvalue weighted by molar-refractivity contribution is 0.102. The van der Waals surface area contributed by atoms with Crippen molar-refractivity contribution in [2.45, 2.75) is 5.16 Å². The van der Waals surface area contributed by atoms with Crippen LogP contribution in [0.4, 0.5) is 5.82 Å². The number of carbonyl (C=O) groups is 1. The summed E-state index contributed by atoms with van der Waals surface area (Å²) in [5.74, 6) is 0.0203. The second-order valence-electron chi connectivity index (χ2n) is 5.96. The van der Waals surface area contributed by atoms with Gasteiger partial charge in [0.25, 0.3) is 5.56 Å². The molecule has 0 saturated carbocycles. The Labute approximate surface area is 164 Å². The van der Waals surface area contributed by atoms with Gasteiger partial charge in [0.05, 0.1) is 18.6 Å². The van der Waals surface area contributed by atoms with Crippen LogP contribution in [-0.4, -0.2) is 37.3 Å². The summed E-state index contributed by atoms with van der Waals surface area (Å²) in [4.78, 5) is 41.1. The van der Waals surface area contributed by atoms with Crippen molar-refractivity contribution < 1.29 is 9.53 Å². The van der Waals surface area contributed by atoms with Crippen molar-refractivity contribution in [2.24, 2.45) is 14.1 Å². The smallest absolute Gasteiger partial charge is 0.332 e. The first-order chi connectivity index (χ1) is 13.3. The minimum Gasteiger partial charge on any atom is -0.497 e. The van der Waals surface area contributed by atoms with Crippen LogP contribution in [0.2, 0.25) is 0 Å². The number of hydrogen-bond acceptors (Lipinski definition) is 7. The molecule has 10 heteroatoms. The van der Waals surface area contributed by atoms with E-state index in [2.05, 4.69) is 4.98 Å². The van der Waals surface area contributed by atoms with E-state index in [1.807, 2.05) is 28.8 Å². The zero-order valence-electron chi connectivity index (χ0n) is 15.6. The van der Waals surface area contributed by atoms with Gasteiger partial charge in [-0.05, 0) is 12.1 Å². The largest absolute Gasteiger partial charge is 0.497 e. The van der Waals surface area contributed by atoms with Crippen LogP contribution in [0.15, 0.2) is 51.4 Å². The van der Waals surface area contributed by atoms with E-state index in [0.29, 0.717) is 10.9 Å². The van der Waals surface area contributed by atoms with E-state index in [4.69, 9.17) is 10.5 Å². The Hall–Kier alpha value is -3.27. The number of rotatable bonds is 6. The first kappa shape index (κ1) is 19.5. The van der Waals surface area contributed by atoms with Gasteiger partial charge in [0, 0.05) is 32.6 Å². The molecule has 0 aliphatic rings. The highest BCUT2D eigenvalue weighted by Crippen LogP contribution is 2.24. The molecule has 1 aromatic carbocycles. The first-order valence-electron chi connectivity index (χ1n) is 8.24. The van der Waals surface area contributed by atoms with Crippen LogP contribution in [0.3, 0.4) is 0 Å². The second kappa shape index (κ2) is 7.77. The number of imidazole rings is 1. The number of thioether (sulfide) groups is 1. The first-order valence-corrected chi connectivity index (χ1v) is 9.23. The molecule has 0 atom stereocenters. The van der Waals surface area contributed by atoms with Crippen LogP contribution in [0.25, 0.3) is 5.69 Å². The quantitative estimate of drug-likeness (QED) is 0.481. The summed E-state index contributed by atoms with van der Waals surface area (Å²) < 4.78 is 8.99. The molecule has 28 heavy (non-hydrogen) atoms. The van der Waals surface area contributed by atoms with Crippen LogP contribution >= 0.6 is 11.8 Å². The maximum Gasteiger partial charge on any atom is 0.332 e. The van der Waals surface area contributed by atoms with Crippen molar-refractivity contribution in [1.29, 1.82) is 0 Å². The molecule has 0 aliphatic carbocycles. The Balaban J connectivity index is 1.87. The van der Waals surface area contributed by atoms with Crippen LogP contribution in [0.5, 0.6) is 5.75 Å². The Morgan fingerprint density at radius 3 is 2.71 bits per heavy atom. The number of carbonyl (C=O) groups excluding carboxylic acids is 1. The molecule has 2 heterocycles. The van der Waals surface area contributed by atoms with Crippen LogP contribution in [0, 0.1) is 0 Å². The maximum atomic E-state index is 12.7. The number of nitrogen functional groups attached to an aromatic ring is 1. The standard InChI is InChI=1S/C18H19N5O4S/c1-21-15(19)14(16(25)22(2)18(21)26)13(24)10-28-17-20-7-8-23(17)11-5-4-6-12(9-11)27-3/h4-9H,10,19H2,1-3H3. The summed E-state index contributed by atoms with van der Waals surface area (Å²) in [6.07, 6.45) is 3.38. The zero-order chi connectivity index (χ0) is 20.4. The van der Waals surface area contributed by atoms with Crippen molar-refractivity contribution in [2.75, 3.05) is 18.6 Å². The Morgan fingerprint density at radius 2 is 2.00 bits per heavy atom. The number of benzene rings is 1. The number of ether oxygens (including phenoxy) is 1. The summed E-state index contributed by atoms with van der Waals surface area (Å²) in [6.45, 7) is 0. The summed E-state index contributed by atoms with van der Waals surface area (Å²) in [5.41, 5.74) is 5.18. The molecule has 0 saturated heterocycles. The van der Waals surface area contributed by atoms with Gasteiger partial charge in [-0.1, -0.05) is 17.8 Å². The number of hydrogen-bond donors (Lipinski definition) is 1. The number of anilines is 1. The predicted octanol–water partition coefficient (Wildman–Crippen LogP) is 0.835. The molecule has 0 aliphatic heterocycles. The van der Waals surface area contributed by atoms with Gasteiger partial charge < -0.3 is 10.5 Å². The van der Waals surface area contributed by atoms with E-state index in [0.717, 1.165) is 14.8 Å². The van der Waals surface area contributed by atoms with Crippen LogP contribution < -0.4 is 21.7 Å². The molecule has 0 radical (unpaired) electrons. The molecule has 0 bridgehead atoms. The third kappa shape index (κ3) is 3.46. The summed E-state index contributed by atoms with van der Waals surface area (Å²) in [7, 11) is 4.31. The van der Waals surface area contributed by atoms with Gasteiger partial charge in [-0.3, -0.25) is 23.3 Å². The van der Waals surface area contributed by atoms with Gasteiger partial charge in [-0.25, -0.2) is 9.78 Å². The van der Waals surface area contributed by atoms with Crippen molar-refractivity contribution in [3.63, 3.8) is 0 Å². The third-order valence-corrected chi connectivity index (χ3v) is 5.23. The summed E-state index contributed by atoms with van der Waals surface area (Å²) in [6, 6.07) is 7.41. The molecule has 2 aromatic heterocycles. The molecular weight excluding hydrogens is 382 g/mol. The van der Waals surface area contributed by atoms with E-state index >= 15 is 0 Å². The molecule has 2 N–H and O–H groups in total. The minimum atomic E-state index is -0.706. The van der Waals surface area contributed by atoms with Gasteiger partial charge in [0.15, 0.2) is 10.9 Å². The highest BCUT2D eigenvalue weighted by Gasteiger charge is 2.21. The van der Waals surface area contributed by atoms with E-state index in [1.54, 1.807) is 19.5 Å². The normalized spacial score (nSPS) is 10.8.